The van der Waals surface area contributed by atoms with Gasteiger partial charge in [0.15, 0.2) is 0 Å². The molecule has 3 rings (SSSR count). The molecule has 1 heterocycles. The summed E-state index contributed by atoms with van der Waals surface area (Å²) >= 11 is 0. The van der Waals surface area contributed by atoms with E-state index in [0.29, 0.717) is 11.3 Å². The van der Waals surface area contributed by atoms with Crippen molar-refractivity contribution in [1.82, 2.24) is 0 Å². The molecule has 0 N–H and O–H groups in total. The zero-order chi connectivity index (χ0) is 17.1. The molecule has 0 amide bonds. The van der Waals surface area contributed by atoms with Crippen LogP contribution in [0.3, 0.4) is 0 Å². The Morgan fingerprint density at radius 2 is 1.75 bits per heavy atom. The van der Waals surface area contributed by atoms with E-state index >= 15 is 0 Å². The van der Waals surface area contributed by atoms with Gasteiger partial charge in [0, 0.05) is 17.5 Å². The largest absolute Gasteiger partial charge is 0.489 e. The topological polar surface area (TPSA) is 48.7 Å². The summed E-state index contributed by atoms with van der Waals surface area (Å²) in [7, 11) is 0. The first kappa shape index (κ1) is 16.0. The summed E-state index contributed by atoms with van der Waals surface area (Å²) in [6.07, 6.45) is 0. The number of ether oxygens (including phenoxy) is 2. The molecule has 0 radical (unpaired) electrons. The lowest BCUT2D eigenvalue weighted by Crippen LogP contribution is -2.02. The maximum atomic E-state index is 12.1. The third-order valence-corrected chi connectivity index (χ3v) is 3.48. The monoisotopic (exact) mass is 332 g/mol. The lowest BCUT2D eigenvalue weighted by molar-refractivity contribution is -0.0498. The molecule has 4 nitrogen and oxygen atoms in total. The molecule has 1 aromatic heterocycles. The smallest absolute Gasteiger partial charge is 0.387 e. The second kappa shape index (κ2) is 6.70. The Morgan fingerprint density at radius 1 is 1.04 bits per heavy atom. The van der Waals surface area contributed by atoms with E-state index in [1.807, 2.05) is 13.0 Å². The van der Waals surface area contributed by atoms with E-state index in [-0.39, 0.29) is 12.4 Å². The summed E-state index contributed by atoms with van der Waals surface area (Å²) in [6.45, 7) is -0.762. The van der Waals surface area contributed by atoms with E-state index < -0.39 is 12.2 Å². The van der Waals surface area contributed by atoms with Crippen molar-refractivity contribution >= 4 is 11.0 Å². The van der Waals surface area contributed by atoms with E-state index in [1.165, 1.54) is 18.2 Å². The van der Waals surface area contributed by atoms with Crippen LogP contribution in [0.1, 0.15) is 11.1 Å². The molecular formula is C18H14F2O4. The Hall–Kier alpha value is -2.89. The summed E-state index contributed by atoms with van der Waals surface area (Å²) in [5.74, 6) is 0.640. The van der Waals surface area contributed by atoms with Crippen molar-refractivity contribution in [2.75, 3.05) is 0 Å². The predicted molar refractivity (Wildman–Crippen MR) is 84.6 cm³/mol. The van der Waals surface area contributed by atoms with Gasteiger partial charge in [0.1, 0.15) is 23.7 Å². The predicted octanol–water partition coefficient (Wildman–Crippen LogP) is 4.28. The molecule has 0 bridgehead atoms. The van der Waals surface area contributed by atoms with Gasteiger partial charge in [-0.25, -0.2) is 4.79 Å². The highest BCUT2D eigenvalue weighted by Crippen LogP contribution is 2.23. The Morgan fingerprint density at radius 3 is 2.46 bits per heavy atom. The number of alkyl halides is 2. The molecule has 0 aliphatic heterocycles. The maximum absolute atomic E-state index is 12.1. The highest BCUT2D eigenvalue weighted by atomic mass is 19.3. The molecule has 6 heteroatoms. The minimum absolute atomic E-state index is 0.0942. The van der Waals surface area contributed by atoms with Crippen molar-refractivity contribution < 1.29 is 22.7 Å². The van der Waals surface area contributed by atoms with Crippen molar-refractivity contribution in [3.05, 3.63) is 70.1 Å². The van der Waals surface area contributed by atoms with Gasteiger partial charge in [0.25, 0.3) is 0 Å². The molecule has 0 saturated heterocycles. The summed E-state index contributed by atoms with van der Waals surface area (Å²) in [5, 5.41) is 0.843. The van der Waals surface area contributed by atoms with Gasteiger partial charge in [0.05, 0.1) is 0 Å². The number of hydrogen-bond acceptors (Lipinski definition) is 4. The van der Waals surface area contributed by atoms with Crippen LogP contribution in [0.5, 0.6) is 11.5 Å². The van der Waals surface area contributed by atoms with E-state index in [9.17, 15) is 13.6 Å². The van der Waals surface area contributed by atoms with Crippen LogP contribution < -0.4 is 15.1 Å². The summed E-state index contributed by atoms with van der Waals surface area (Å²) in [4.78, 5) is 11.4. The highest BCUT2D eigenvalue weighted by Gasteiger charge is 2.06. The van der Waals surface area contributed by atoms with Crippen LogP contribution in [-0.2, 0) is 6.61 Å². The van der Waals surface area contributed by atoms with Gasteiger partial charge < -0.3 is 13.9 Å². The number of fused-ring (bicyclic) bond motifs is 1. The lowest BCUT2D eigenvalue weighted by Gasteiger charge is -2.09. The van der Waals surface area contributed by atoms with Gasteiger partial charge in [-0.05, 0) is 42.3 Å². The van der Waals surface area contributed by atoms with Gasteiger partial charge in [-0.3, -0.25) is 0 Å². The number of rotatable bonds is 5. The van der Waals surface area contributed by atoms with Crippen LogP contribution in [0.25, 0.3) is 11.0 Å². The Bertz CT molecular complexity index is 901. The second-order valence-corrected chi connectivity index (χ2v) is 5.22. The normalized spacial score (nSPS) is 11.0. The van der Waals surface area contributed by atoms with Crippen molar-refractivity contribution in [2.24, 2.45) is 0 Å². The number of benzene rings is 2. The molecule has 0 atom stereocenters. The number of hydrogen-bond donors (Lipinski definition) is 0. The molecular weight excluding hydrogens is 318 g/mol. The average molecular weight is 332 g/mol. The van der Waals surface area contributed by atoms with Crippen LogP contribution in [0.15, 0.2) is 57.7 Å². The van der Waals surface area contributed by atoms with Crippen molar-refractivity contribution in [3.63, 3.8) is 0 Å². The fourth-order valence-corrected chi connectivity index (χ4v) is 2.33. The lowest BCUT2D eigenvalue weighted by atomic mass is 10.1. The van der Waals surface area contributed by atoms with Crippen molar-refractivity contribution in [2.45, 2.75) is 20.1 Å². The first-order valence-corrected chi connectivity index (χ1v) is 7.22. The molecule has 3 aromatic rings. The Kier molecular flexibility index (Phi) is 4.46. The molecule has 0 saturated carbocycles. The zero-order valence-corrected chi connectivity index (χ0v) is 12.8. The van der Waals surface area contributed by atoms with Gasteiger partial charge in [-0.2, -0.15) is 8.78 Å². The first-order chi connectivity index (χ1) is 11.5. The minimum atomic E-state index is -2.84. The molecule has 124 valence electrons. The Balaban J connectivity index is 1.72. The molecule has 0 unspecified atom stereocenters. The summed E-state index contributed by atoms with van der Waals surface area (Å²) in [6, 6.07) is 12.9. The minimum Gasteiger partial charge on any atom is -0.489 e. The van der Waals surface area contributed by atoms with Gasteiger partial charge in [-0.15, -0.1) is 0 Å². The quantitative estimate of drug-likeness (QED) is 0.654. The molecule has 0 aliphatic carbocycles. The molecule has 0 spiro atoms. The molecule has 0 fully saturated rings. The van der Waals surface area contributed by atoms with E-state index in [0.717, 1.165) is 16.5 Å². The SMILES string of the molecule is Cc1cc(=O)oc2cc(OCc3ccc(OC(F)F)cc3)ccc12. The van der Waals surface area contributed by atoms with Gasteiger partial charge in [0.2, 0.25) is 0 Å². The fraction of sp³-hybridized carbons (Fsp3) is 0.167. The van der Waals surface area contributed by atoms with Crippen LogP contribution in [0.4, 0.5) is 8.78 Å². The number of halogens is 2. The van der Waals surface area contributed by atoms with E-state index in [2.05, 4.69) is 4.74 Å². The molecule has 0 aliphatic rings. The fourth-order valence-electron chi connectivity index (χ4n) is 2.33. The zero-order valence-electron chi connectivity index (χ0n) is 12.8. The van der Waals surface area contributed by atoms with Gasteiger partial charge in [-0.1, -0.05) is 12.1 Å². The van der Waals surface area contributed by atoms with E-state index in [1.54, 1.807) is 24.3 Å². The van der Waals surface area contributed by atoms with Crippen LogP contribution >= 0.6 is 0 Å². The third-order valence-electron chi connectivity index (χ3n) is 3.48. The molecule has 2 aromatic carbocycles. The Labute approximate surface area is 136 Å². The van der Waals surface area contributed by atoms with Crippen LogP contribution in [-0.4, -0.2) is 6.61 Å². The second-order valence-electron chi connectivity index (χ2n) is 5.22. The molecule has 24 heavy (non-hydrogen) atoms. The third kappa shape index (κ3) is 3.71. The van der Waals surface area contributed by atoms with Crippen molar-refractivity contribution in [3.8, 4) is 11.5 Å². The maximum Gasteiger partial charge on any atom is 0.387 e. The van der Waals surface area contributed by atoms with Gasteiger partial charge >= 0.3 is 12.2 Å². The van der Waals surface area contributed by atoms with Crippen LogP contribution in [0, 0.1) is 6.92 Å². The first-order valence-electron chi connectivity index (χ1n) is 7.22. The summed E-state index contributed by atoms with van der Waals surface area (Å²) in [5.41, 5.74) is 1.68. The highest BCUT2D eigenvalue weighted by molar-refractivity contribution is 5.81. The van der Waals surface area contributed by atoms with Crippen LogP contribution in [0.2, 0.25) is 0 Å². The number of aryl methyl sites for hydroxylation is 1. The average Bonchev–Trinajstić information content (AvgIpc) is 2.53. The summed E-state index contributed by atoms with van der Waals surface area (Å²) < 4.78 is 39.3. The van der Waals surface area contributed by atoms with Crippen molar-refractivity contribution in [1.29, 1.82) is 0 Å². The van der Waals surface area contributed by atoms with E-state index in [4.69, 9.17) is 9.15 Å². The standard InChI is InChI=1S/C18H14F2O4/c1-11-8-17(21)24-16-9-14(6-7-15(11)16)22-10-12-2-4-13(5-3-12)23-18(19)20/h2-9,18H,10H2,1H3.